The first kappa shape index (κ1) is 14.4. The zero-order valence-electron chi connectivity index (χ0n) is 12.2. The first-order chi connectivity index (χ1) is 10.1. The summed E-state index contributed by atoms with van der Waals surface area (Å²) in [5.41, 5.74) is 2.56. The van der Waals surface area contributed by atoms with Crippen molar-refractivity contribution in [3.63, 3.8) is 0 Å². The van der Waals surface area contributed by atoms with Gasteiger partial charge in [0.1, 0.15) is 5.75 Å². The molecule has 0 atom stereocenters. The van der Waals surface area contributed by atoms with E-state index < -0.39 is 0 Å². The van der Waals surface area contributed by atoms with Crippen LogP contribution in [0.15, 0.2) is 54.7 Å². The Bertz CT molecular complexity index is 744. The van der Waals surface area contributed by atoms with Crippen LogP contribution in [0.4, 0.5) is 0 Å². The van der Waals surface area contributed by atoms with Gasteiger partial charge in [-0.25, -0.2) is 0 Å². The van der Waals surface area contributed by atoms with Crippen molar-refractivity contribution in [2.24, 2.45) is 0 Å². The monoisotopic (exact) mass is 391 g/mol. The van der Waals surface area contributed by atoms with E-state index in [-0.39, 0.29) is 6.10 Å². The maximum absolute atomic E-state index is 5.75. The molecule has 0 spiro atoms. The predicted molar refractivity (Wildman–Crippen MR) is 96.0 cm³/mol. The fraction of sp³-hybridized carbons (Fsp3) is 0.222. The topological polar surface area (TPSA) is 14.2 Å². The van der Waals surface area contributed by atoms with Crippen LogP contribution in [0.25, 0.3) is 10.9 Å². The molecule has 21 heavy (non-hydrogen) atoms. The third-order valence-electron chi connectivity index (χ3n) is 3.38. The lowest BCUT2D eigenvalue weighted by molar-refractivity contribution is 0.243. The summed E-state index contributed by atoms with van der Waals surface area (Å²) in [5.74, 6) is 0.935. The molecule has 2 aromatic carbocycles. The number of hydrogen-bond donors (Lipinski definition) is 0. The van der Waals surface area contributed by atoms with Crippen molar-refractivity contribution in [3.8, 4) is 5.75 Å². The van der Waals surface area contributed by atoms with Crippen molar-refractivity contribution in [2.75, 3.05) is 0 Å². The highest BCUT2D eigenvalue weighted by Gasteiger charge is 2.05. The first-order valence-electron chi connectivity index (χ1n) is 7.12. The van der Waals surface area contributed by atoms with Gasteiger partial charge < -0.3 is 9.30 Å². The Morgan fingerprint density at radius 3 is 2.52 bits per heavy atom. The van der Waals surface area contributed by atoms with E-state index in [1.54, 1.807) is 0 Å². The van der Waals surface area contributed by atoms with Crippen molar-refractivity contribution in [1.82, 2.24) is 4.57 Å². The summed E-state index contributed by atoms with van der Waals surface area (Å²) in [6.45, 7) is 4.99. The molecular formula is C18H18INO. The number of rotatable bonds is 4. The summed E-state index contributed by atoms with van der Waals surface area (Å²) in [7, 11) is 0. The predicted octanol–water partition coefficient (Wildman–Crippen LogP) is 5.08. The molecule has 3 aromatic rings. The van der Waals surface area contributed by atoms with E-state index in [1.807, 2.05) is 19.9 Å². The first-order valence-corrected chi connectivity index (χ1v) is 8.20. The number of benzene rings is 2. The number of nitrogens with zero attached hydrogens (tertiary/aromatic N) is 1. The van der Waals surface area contributed by atoms with Crippen LogP contribution in [0.5, 0.6) is 5.75 Å². The summed E-state index contributed by atoms with van der Waals surface area (Å²) in [6, 6.07) is 17.1. The molecule has 108 valence electrons. The van der Waals surface area contributed by atoms with Crippen molar-refractivity contribution >= 4 is 33.5 Å². The summed E-state index contributed by atoms with van der Waals surface area (Å²) >= 11 is 2.33. The van der Waals surface area contributed by atoms with E-state index in [2.05, 4.69) is 75.8 Å². The van der Waals surface area contributed by atoms with Gasteiger partial charge in [0.05, 0.1) is 6.10 Å². The SMILES string of the molecule is CC(C)Oc1ccc2c(ccn2Cc2ccc(I)cc2)c1. The van der Waals surface area contributed by atoms with Gasteiger partial charge in [0.25, 0.3) is 0 Å². The van der Waals surface area contributed by atoms with E-state index >= 15 is 0 Å². The molecule has 3 heteroatoms. The lowest BCUT2D eigenvalue weighted by atomic mass is 10.2. The second kappa shape index (κ2) is 6.10. The molecule has 0 amide bonds. The smallest absolute Gasteiger partial charge is 0.120 e. The molecule has 3 rings (SSSR count). The fourth-order valence-electron chi connectivity index (χ4n) is 2.45. The van der Waals surface area contributed by atoms with E-state index in [0.717, 1.165) is 12.3 Å². The van der Waals surface area contributed by atoms with Crippen LogP contribution in [-0.2, 0) is 6.54 Å². The summed E-state index contributed by atoms with van der Waals surface area (Å²) in [5, 5.41) is 1.22. The number of aromatic nitrogens is 1. The van der Waals surface area contributed by atoms with Gasteiger partial charge in [0.15, 0.2) is 0 Å². The molecule has 2 nitrogen and oxygen atoms in total. The molecule has 0 saturated heterocycles. The highest BCUT2D eigenvalue weighted by molar-refractivity contribution is 14.1. The zero-order valence-corrected chi connectivity index (χ0v) is 14.4. The Balaban J connectivity index is 1.88. The molecule has 0 N–H and O–H groups in total. The Kier molecular flexibility index (Phi) is 4.19. The molecular weight excluding hydrogens is 373 g/mol. The molecule has 0 radical (unpaired) electrons. The van der Waals surface area contributed by atoms with Gasteiger partial charge in [0, 0.05) is 27.2 Å². The van der Waals surface area contributed by atoms with Gasteiger partial charge in [0.2, 0.25) is 0 Å². The van der Waals surface area contributed by atoms with Crippen LogP contribution in [0.2, 0.25) is 0 Å². The molecule has 1 heterocycles. The van der Waals surface area contributed by atoms with Crippen LogP contribution < -0.4 is 4.74 Å². The zero-order chi connectivity index (χ0) is 14.8. The van der Waals surface area contributed by atoms with Crippen molar-refractivity contribution in [3.05, 3.63) is 63.9 Å². The highest BCUT2D eigenvalue weighted by Crippen LogP contribution is 2.23. The van der Waals surface area contributed by atoms with Gasteiger partial charge in [-0.3, -0.25) is 0 Å². The van der Waals surface area contributed by atoms with Crippen LogP contribution in [0.3, 0.4) is 0 Å². The molecule has 1 aromatic heterocycles. The van der Waals surface area contributed by atoms with E-state index in [9.17, 15) is 0 Å². The van der Waals surface area contributed by atoms with Gasteiger partial charge in [-0.15, -0.1) is 0 Å². The Morgan fingerprint density at radius 1 is 1.05 bits per heavy atom. The average Bonchev–Trinajstić information content (AvgIpc) is 2.83. The Morgan fingerprint density at radius 2 is 1.81 bits per heavy atom. The standard InChI is InChI=1S/C18H18INO/c1-13(2)21-17-7-8-18-15(11-17)9-10-20(18)12-14-3-5-16(19)6-4-14/h3-11,13H,12H2,1-2H3. The van der Waals surface area contributed by atoms with E-state index in [1.165, 1.54) is 20.0 Å². The minimum atomic E-state index is 0.205. The number of fused-ring (bicyclic) bond motifs is 1. The minimum Gasteiger partial charge on any atom is -0.491 e. The lowest BCUT2D eigenvalue weighted by Crippen LogP contribution is -2.05. The largest absolute Gasteiger partial charge is 0.491 e. The third kappa shape index (κ3) is 3.40. The second-order valence-corrected chi connectivity index (χ2v) is 6.70. The molecule has 0 aliphatic rings. The van der Waals surface area contributed by atoms with Gasteiger partial charge >= 0.3 is 0 Å². The number of ether oxygens (including phenoxy) is 1. The van der Waals surface area contributed by atoms with E-state index in [0.29, 0.717) is 0 Å². The maximum Gasteiger partial charge on any atom is 0.120 e. The molecule has 0 saturated carbocycles. The molecule has 0 fully saturated rings. The van der Waals surface area contributed by atoms with E-state index in [4.69, 9.17) is 4.74 Å². The van der Waals surface area contributed by atoms with Crippen LogP contribution in [0.1, 0.15) is 19.4 Å². The summed E-state index contributed by atoms with van der Waals surface area (Å²) in [4.78, 5) is 0. The number of hydrogen-bond acceptors (Lipinski definition) is 1. The molecule has 0 aliphatic heterocycles. The lowest BCUT2D eigenvalue weighted by Gasteiger charge is -2.10. The minimum absolute atomic E-state index is 0.205. The quantitative estimate of drug-likeness (QED) is 0.566. The second-order valence-electron chi connectivity index (χ2n) is 5.46. The van der Waals surface area contributed by atoms with Gasteiger partial charge in [-0.1, -0.05) is 12.1 Å². The summed E-state index contributed by atoms with van der Waals surface area (Å²) < 4.78 is 9.30. The van der Waals surface area contributed by atoms with Crippen LogP contribution in [0, 0.1) is 3.57 Å². The van der Waals surface area contributed by atoms with Gasteiger partial charge in [-0.05, 0) is 78.4 Å². The third-order valence-corrected chi connectivity index (χ3v) is 4.10. The Labute approximate surface area is 138 Å². The van der Waals surface area contributed by atoms with Crippen molar-refractivity contribution in [2.45, 2.75) is 26.5 Å². The van der Waals surface area contributed by atoms with Crippen LogP contribution >= 0.6 is 22.6 Å². The average molecular weight is 391 g/mol. The van der Waals surface area contributed by atoms with Crippen molar-refractivity contribution in [1.29, 1.82) is 0 Å². The normalized spacial score (nSPS) is 11.2. The highest BCUT2D eigenvalue weighted by atomic mass is 127. The maximum atomic E-state index is 5.75. The molecule has 0 aliphatic carbocycles. The summed E-state index contributed by atoms with van der Waals surface area (Å²) in [6.07, 6.45) is 2.35. The Hall–Kier alpha value is -1.49. The van der Waals surface area contributed by atoms with Crippen LogP contribution in [-0.4, -0.2) is 10.7 Å². The van der Waals surface area contributed by atoms with Gasteiger partial charge in [-0.2, -0.15) is 0 Å². The van der Waals surface area contributed by atoms with Crippen molar-refractivity contribution < 1.29 is 4.74 Å². The molecule has 0 bridgehead atoms. The number of halogens is 1. The molecule has 0 unspecified atom stereocenters. The fourth-order valence-corrected chi connectivity index (χ4v) is 2.81.